The second-order valence-electron chi connectivity index (χ2n) is 7.33. The predicted molar refractivity (Wildman–Crippen MR) is 107 cm³/mol. The van der Waals surface area contributed by atoms with Gasteiger partial charge in [0.15, 0.2) is 0 Å². The van der Waals surface area contributed by atoms with Crippen LogP contribution in [0.5, 0.6) is 11.5 Å². The number of alkyl halides is 3. The number of aromatic nitrogens is 2. The third-order valence-corrected chi connectivity index (χ3v) is 5.42. The van der Waals surface area contributed by atoms with Crippen molar-refractivity contribution in [3.8, 4) is 22.9 Å². The number of halogens is 3. The first-order chi connectivity index (χ1) is 14.9. The second-order valence-corrected chi connectivity index (χ2v) is 7.33. The molecule has 1 saturated heterocycles. The summed E-state index contributed by atoms with van der Waals surface area (Å²) in [7, 11) is 3.23. The Morgan fingerprint density at radius 2 is 1.97 bits per heavy atom. The van der Waals surface area contributed by atoms with Gasteiger partial charge in [-0.15, -0.1) is 0 Å². The lowest BCUT2D eigenvalue weighted by Gasteiger charge is -2.25. The number of benzene rings is 2. The van der Waals surface area contributed by atoms with E-state index in [0.29, 0.717) is 18.2 Å². The molecule has 4 rings (SSSR count). The molecule has 1 aromatic heterocycles. The number of methoxy groups -OCH3 is 2. The molecule has 0 N–H and O–H groups in total. The number of hydrogen-bond acceptors (Lipinski definition) is 6. The standard InChI is InChI=1S/C22H22F3N3O3/c1-29-16-8-9-17(19(12-16)30-2)18-7-4-10-28(18)13-20-26-21(27-31-20)14-5-3-6-15(11-14)22(23,24)25/h3,5-6,8-9,11-12,18H,4,7,10,13H2,1-2H3. The lowest BCUT2D eigenvalue weighted by atomic mass is 10.0. The Hall–Kier alpha value is -3.07. The van der Waals surface area contributed by atoms with Crippen molar-refractivity contribution >= 4 is 0 Å². The van der Waals surface area contributed by atoms with Gasteiger partial charge in [-0.05, 0) is 37.6 Å². The average Bonchev–Trinajstić information content (AvgIpc) is 3.43. The van der Waals surface area contributed by atoms with Crippen molar-refractivity contribution in [1.29, 1.82) is 0 Å². The van der Waals surface area contributed by atoms with Crippen LogP contribution in [0.25, 0.3) is 11.4 Å². The van der Waals surface area contributed by atoms with Crippen LogP contribution in [0.3, 0.4) is 0 Å². The zero-order valence-electron chi connectivity index (χ0n) is 17.1. The summed E-state index contributed by atoms with van der Waals surface area (Å²) in [4.78, 5) is 6.53. The van der Waals surface area contributed by atoms with Gasteiger partial charge in [0, 0.05) is 23.2 Å². The number of likely N-dealkylation sites (tertiary alicyclic amines) is 1. The summed E-state index contributed by atoms with van der Waals surface area (Å²) in [6, 6.07) is 10.7. The molecule has 1 aliphatic rings. The maximum absolute atomic E-state index is 13.0. The molecule has 0 amide bonds. The zero-order chi connectivity index (χ0) is 22.0. The fourth-order valence-corrected chi connectivity index (χ4v) is 3.91. The third-order valence-electron chi connectivity index (χ3n) is 5.42. The van der Waals surface area contributed by atoms with Crippen LogP contribution in [0.15, 0.2) is 47.0 Å². The molecule has 6 nitrogen and oxygen atoms in total. The number of ether oxygens (including phenoxy) is 2. The van der Waals surface area contributed by atoms with Gasteiger partial charge >= 0.3 is 6.18 Å². The Kier molecular flexibility index (Phi) is 5.86. The average molecular weight is 433 g/mol. The molecular formula is C22H22F3N3O3. The van der Waals surface area contributed by atoms with Crippen molar-refractivity contribution in [2.75, 3.05) is 20.8 Å². The molecule has 164 valence electrons. The first-order valence-electron chi connectivity index (χ1n) is 9.85. The minimum absolute atomic E-state index is 0.102. The summed E-state index contributed by atoms with van der Waals surface area (Å²) < 4.78 is 55.1. The Morgan fingerprint density at radius 3 is 2.71 bits per heavy atom. The molecule has 31 heavy (non-hydrogen) atoms. The van der Waals surface area contributed by atoms with Crippen molar-refractivity contribution in [2.24, 2.45) is 0 Å². The van der Waals surface area contributed by atoms with E-state index in [2.05, 4.69) is 15.0 Å². The molecule has 1 unspecified atom stereocenters. The van der Waals surface area contributed by atoms with E-state index < -0.39 is 11.7 Å². The Morgan fingerprint density at radius 1 is 1.13 bits per heavy atom. The predicted octanol–water partition coefficient (Wildman–Crippen LogP) is 5.11. The molecule has 2 heterocycles. The lowest BCUT2D eigenvalue weighted by molar-refractivity contribution is -0.137. The quantitative estimate of drug-likeness (QED) is 0.539. The van der Waals surface area contributed by atoms with Gasteiger partial charge < -0.3 is 14.0 Å². The van der Waals surface area contributed by atoms with Crippen LogP contribution in [0.1, 0.15) is 35.9 Å². The Labute approximate surface area is 177 Å². The van der Waals surface area contributed by atoms with E-state index in [1.807, 2.05) is 18.2 Å². The van der Waals surface area contributed by atoms with E-state index in [1.54, 1.807) is 14.2 Å². The second kappa shape index (κ2) is 8.58. The molecule has 1 fully saturated rings. The maximum atomic E-state index is 13.0. The molecule has 1 aliphatic heterocycles. The van der Waals surface area contributed by atoms with E-state index in [-0.39, 0.29) is 17.4 Å². The highest BCUT2D eigenvalue weighted by Gasteiger charge is 2.32. The fraction of sp³-hybridized carbons (Fsp3) is 0.364. The minimum Gasteiger partial charge on any atom is -0.497 e. The number of nitrogens with zero attached hydrogens (tertiary/aromatic N) is 3. The molecule has 1 atom stereocenters. The highest BCUT2D eigenvalue weighted by atomic mass is 19.4. The van der Waals surface area contributed by atoms with Crippen LogP contribution >= 0.6 is 0 Å². The first-order valence-corrected chi connectivity index (χ1v) is 9.85. The van der Waals surface area contributed by atoms with Crippen molar-refractivity contribution in [2.45, 2.75) is 31.6 Å². The first kappa shape index (κ1) is 21.2. The molecule has 9 heteroatoms. The fourth-order valence-electron chi connectivity index (χ4n) is 3.91. The van der Waals surface area contributed by atoms with E-state index >= 15 is 0 Å². The van der Waals surface area contributed by atoms with E-state index in [1.165, 1.54) is 12.1 Å². The SMILES string of the molecule is COc1ccc(C2CCCN2Cc2nc(-c3cccc(C(F)(F)F)c3)no2)c(OC)c1. The molecule has 0 bridgehead atoms. The summed E-state index contributed by atoms with van der Waals surface area (Å²) in [5, 5.41) is 3.88. The smallest absolute Gasteiger partial charge is 0.416 e. The van der Waals surface area contributed by atoms with Gasteiger partial charge in [0.2, 0.25) is 11.7 Å². The summed E-state index contributed by atoms with van der Waals surface area (Å²) in [5.41, 5.74) is 0.556. The highest BCUT2D eigenvalue weighted by Crippen LogP contribution is 2.39. The van der Waals surface area contributed by atoms with E-state index in [9.17, 15) is 13.2 Å². The summed E-state index contributed by atoms with van der Waals surface area (Å²) in [6.45, 7) is 1.23. The van der Waals surface area contributed by atoms with E-state index in [4.69, 9.17) is 14.0 Å². The minimum atomic E-state index is -4.43. The summed E-state index contributed by atoms with van der Waals surface area (Å²) in [6.07, 6.45) is -2.49. The third kappa shape index (κ3) is 4.51. The molecule has 0 radical (unpaired) electrons. The monoisotopic (exact) mass is 433 g/mol. The summed E-state index contributed by atoms with van der Waals surface area (Å²) >= 11 is 0. The lowest BCUT2D eigenvalue weighted by Crippen LogP contribution is -2.23. The van der Waals surface area contributed by atoms with Gasteiger partial charge in [-0.1, -0.05) is 23.4 Å². The van der Waals surface area contributed by atoms with Crippen LogP contribution in [0.4, 0.5) is 13.2 Å². The van der Waals surface area contributed by atoms with E-state index in [0.717, 1.165) is 42.8 Å². The van der Waals surface area contributed by atoms with Crippen LogP contribution in [-0.4, -0.2) is 35.8 Å². The highest BCUT2D eigenvalue weighted by molar-refractivity contribution is 5.55. The van der Waals surface area contributed by atoms with Crippen LogP contribution in [0.2, 0.25) is 0 Å². The van der Waals surface area contributed by atoms with Crippen LogP contribution in [-0.2, 0) is 12.7 Å². The molecule has 0 aliphatic carbocycles. The number of rotatable bonds is 6. The normalized spacial score (nSPS) is 17.1. The van der Waals surface area contributed by atoms with Gasteiger partial charge in [-0.3, -0.25) is 4.90 Å². The van der Waals surface area contributed by atoms with Crippen molar-refractivity contribution < 1.29 is 27.2 Å². The molecular weight excluding hydrogens is 411 g/mol. The van der Waals surface area contributed by atoms with Crippen molar-refractivity contribution in [1.82, 2.24) is 15.0 Å². The zero-order valence-corrected chi connectivity index (χ0v) is 17.1. The van der Waals surface area contributed by atoms with Gasteiger partial charge in [0.1, 0.15) is 11.5 Å². The van der Waals surface area contributed by atoms with Crippen LogP contribution < -0.4 is 9.47 Å². The summed E-state index contributed by atoms with van der Waals surface area (Å²) in [5.74, 6) is 1.95. The van der Waals surface area contributed by atoms with Gasteiger partial charge in [-0.25, -0.2) is 0 Å². The van der Waals surface area contributed by atoms with Gasteiger partial charge in [0.05, 0.1) is 26.3 Å². The topological polar surface area (TPSA) is 60.6 Å². The van der Waals surface area contributed by atoms with Crippen molar-refractivity contribution in [3.63, 3.8) is 0 Å². The van der Waals surface area contributed by atoms with Gasteiger partial charge in [-0.2, -0.15) is 18.2 Å². The van der Waals surface area contributed by atoms with Crippen LogP contribution in [0, 0.1) is 0 Å². The Balaban J connectivity index is 1.53. The number of hydrogen-bond donors (Lipinski definition) is 0. The van der Waals surface area contributed by atoms with Crippen molar-refractivity contribution in [3.05, 3.63) is 59.5 Å². The molecule has 3 aromatic rings. The molecule has 0 spiro atoms. The largest absolute Gasteiger partial charge is 0.497 e. The molecule has 2 aromatic carbocycles. The maximum Gasteiger partial charge on any atom is 0.416 e. The Bertz CT molecular complexity index is 1050. The molecule has 0 saturated carbocycles. The van der Waals surface area contributed by atoms with Gasteiger partial charge in [0.25, 0.3) is 0 Å².